The minimum Gasteiger partial charge on any atom is -0.338 e. The molecule has 0 spiro atoms. The maximum absolute atomic E-state index is 12.5. The molecule has 0 saturated carbocycles. The van der Waals surface area contributed by atoms with Crippen molar-refractivity contribution in [2.75, 3.05) is 25.2 Å². The number of amides is 1. The highest BCUT2D eigenvalue weighted by Crippen LogP contribution is 2.22. The summed E-state index contributed by atoms with van der Waals surface area (Å²) in [4.78, 5) is 14.5. The fourth-order valence-electron chi connectivity index (χ4n) is 2.67. The fraction of sp³-hybridized carbons (Fsp3) is 0.533. The summed E-state index contributed by atoms with van der Waals surface area (Å²) >= 11 is 5.78. The summed E-state index contributed by atoms with van der Waals surface area (Å²) < 4.78 is 22.8. The molecule has 1 heterocycles. The minimum atomic E-state index is -3.23. The number of halogens is 1. The number of carbonyl (C=O) groups is 1. The summed E-state index contributed by atoms with van der Waals surface area (Å²) in [5.41, 5.74) is 0.536. The molecule has 0 N–H and O–H groups in total. The van der Waals surface area contributed by atoms with Crippen LogP contribution in [-0.2, 0) is 9.84 Å². The van der Waals surface area contributed by atoms with E-state index in [-0.39, 0.29) is 10.8 Å². The molecule has 1 aromatic rings. The minimum absolute atomic E-state index is 0.0330. The van der Waals surface area contributed by atoms with Gasteiger partial charge in [0.05, 0.1) is 4.90 Å². The van der Waals surface area contributed by atoms with E-state index in [4.69, 9.17) is 11.6 Å². The third kappa shape index (κ3) is 4.20. The van der Waals surface area contributed by atoms with Crippen LogP contribution in [0.15, 0.2) is 29.2 Å². The van der Waals surface area contributed by atoms with Crippen LogP contribution in [0.2, 0.25) is 0 Å². The van der Waals surface area contributed by atoms with Crippen molar-refractivity contribution in [2.24, 2.45) is 5.92 Å². The standard InChI is InChI=1S/C15H20ClNO3S/c1-21(19,20)14-6-4-13(5-7-14)15(18)17-10-2-3-12(11-17)8-9-16/h4-7,12H,2-3,8-11H2,1H3. The second kappa shape index (κ2) is 6.79. The van der Waals surface area contributed by atoms with Gasteiger partial charge in [0.15, 0.2) is 9.84 Å². The SMILES string of the molecule is CS(=O)(=O)c1ccc(C(=O)N2CCCC(CCCl)C2)cc1. The number of hydrogen-bond donors (Lipinski definition) is 0. The number of nitrogens with zero attached hydrogens (tertiary/aromatic N) is 1. The normalized spacial score (nSPS) is 19.5. The summed E-state index contributed by atoms with van der Waals surface area (Å²) in [5.74, 6) is 1.06. The number of benzene rings is 1. The average molecular weight is 330 g/mol. The molecule has 1 fully saturated rings. The highest BCUT2D eigenvalue weighted by molar-refractivity contribution is 7.90. The number of carbonyl (C=O) groups excluding carboxylic acids is 1. The molecule has 1 atom stereocenters. The first kappa shape index (κ1) is 16.3. The zero-order valence-electron chi connectivity index (χ0n) is 12.1. The van der Waals surface area contributed by atoms with Crippen molar-refractivity contribution in [3.8, 4) is 0 Å². The van der Waals surface area contributed by atoms with Crippen molar-refractivity contribution in [2.45, 2.75) is 24.2 Å². The Hall–Kier alpha value is -1.07. The van der Waals surface area contributed by atoms with Gasteiger partial charge in [-0.1, -0.05) is 0 Å². The summed E-state index contributed by atoms with van der Waals surface area (Å²) in [7, 11) is -3.23. The van der Waals surface area contributed by atoms with E-state index in [0.29, 0.717) is 17.4 Å². The molecule has 4 nitrogen and oxygen atoms in total. The summed E-state index contributed by atoms with van der Waals surface area (Å²) in [6.07, 6.45) is 4.20. The summed E-state index contributed by atoms with van der Waals surface area (Å²) in [6, 6.07) is 6.15. The zero-order valence-corrected chi connectivity index (χ0v) is 13.7. The van der Waals surface area contributed by atoms with Crippen LogP contribution in [0.4, 0.5) is 0 Å². The number of hydrogen-bond acceptors (Lipinski definition) is 3. The van der Waals surface area contributed by atoms with Gasteiger partial charge in [-0.25, -0.2) is 8.42 Å². The Bertz CT molecular complexity index is 596. The molecule has 1 aliphatic rings. The van der Waals surface area contributed by atoms with Gasteiger partial charge in [0.1, 0.15) is 0 Å². The van der Waals surface area contributed by atoms with Crippen molar-refractivity contribution in [1.82, 2.24) is 4.90 Å². The van der Waals surface area contributed by atoms with Gasteiger partial charge in [-0.3, -0.25) is 4.79 Å². The Kier molecular flexibility index (Phi) is 5.27. The van der Waals surface area contributed by atoms with E-state index in [1.807, 2.05) is 4.90 Å². The lowest BCUT2D eigenvalue weighted by Gasteiger charge is -2.32. The average Bonchev–Trinajstić information content (AvgIpc) is 2.46. The van der Waals surface area contributed by atoms with Crippen molar-refractivity contribution >= 4 is 27.3 Å². The lowest BCUT2D eigenvalue weighted by molar-refractivity contribution is 0.0671. The predicted molar refractivity (Wildman–Crippen MR) is 83.5 cm³/mol. The molecule has 1 aliphatic heterocycles. The molecular weight excluding hydrogens is 310 g/mol. The van der Waals surface area contributed by atoms with E-state index < -0.39 is 9.84 Å². The monoisotopic (exact) mass is 329 g/mol. The van der Waals surface area contributed by atoms with Gasteiger partial charge in [0.25, 0.3) is 5.91 Å². The van der Waals surface area contributed by atoms with Gasteiger partial charge < -0.3 is 4.90 Å². The molecule has 1 saturated heterocycles. The first-order valence-electron chi connectivity index (χ1n) is 7.07. The Labute approximate surface area is 131 Å². The smallest absolute Gasteiger partial charge is 0.253 e. The highest BCUT2D eigenvalue weighted by atomic mass is 35.5. The summed E-state index contributed by atoms with van der Waals surface area (Å²) in [6.45, 7) is 1.49. The van der Waals surface area contributed by atoms with Gasteiger partial charge in [0, 0.05) is 30.8 Å². The van der Waals surface area contributed by atoms with Gasteiger partial charge in [-0.2, -0.15) is 0 Å². The lowest BCUT2D eigenvalue weighted by atomic mass is 9.95. The first-order chi connectivity index (χ1) is 9.91. The van der Waals surface area contributed by atoms with Crippen molar-refractivity contribution in [3.63, 3.8) is 0 Å². The third-order valence-electron chi connectivity index (χ3n) is 3.85. The second-order valence-electron chi connectivity index (χ2n) is 5.53. The Morgan fingerprint density at radius 2 is 2.00 bits per heavy atom. The van der Waals surface area contributed by atoms with Gasteiger partial charge in [-0.05, 0) is 49.4 Å². The molecule has 21 heavy (non-hydrogen) atoms. The maximum Gasteiger partial charge on any atom is 0.253 e. The Morgan fingerprint density at radius 1 is 1.33 bits per heavy atom. The molecule has 1 amide bonds. The molecule has 6 heteroatoms. The molecular formula is C15H20ClNO3S. The number of piperidine rings is 1. The fourth-order valence-corrected chi connectivity index (χ4v) is 3.61. The Morgan fingerprint density at radius 3 is 2.57 bits per heavy atom. The second-order valence-corrected chi connectivity index (χ2v) is 7.93. The quantitative estimate of drug-likeness (QED) is 0.798. The van der Waals surface area contributed by atoms with E-state index >= 15 is 0 Å². The molecule has 2 rings (SSSR count). The largest absolute Gasteiger partial charge is 0.338 e. The molecule has 0 bridgehead atoms. The molecule has 0 aliphatic carbocycles. The predicted octanol–water partition coefficient (Wildman–Crippen LogP) is 2.57. The van der Waals surface area contributed by atoms with Crippen LogP contribution in [0.5, 0.6) is 0 Å². The molecule has 0 aromatic heterocycles. The van der Waals surface area contributed by atoms with Crippen LogP contribution >= 0.6 is 11.6 Å². The van der Waals surface area contributed by atoms with E-state index in [9.17, 15) is 13.2 Å². The van der Waals surface area contributed by atoms with E-state index in [0.717, 1.165) is 38.6 Å². The van der Waals surface area contributed by atoms with Crippen LogP contribution in [-0.4, -0.2) is 44.5 Å². The topological polar surface area (TPSA) is 54.5 Å². The van der Waals surface area contributed by atoms with Gasteiger partial charge in [0.2, 0.25) is 0 Å². The molecule has 116 valence electrons. The van der Waals surface area contributed by atoms with Gasteiger partial charge >= 0.3 is 0 Å². The van der Waals surface area contributed by atoms with Crippen molar-refractivity contribution in [3.05, 3.63) is 29.8 Å². The maximum atomic E-state index is 12.5. The van der Waals surface area contributed by atoms with E-state index in [1.165, 1.54) is 12.1 Å². The van der Waals surface area contributed by atoms with Crippen LogP contribution in [0.3, 0.4) is 0 Å². The molecule has 1 unspecified atom stereocenters. The van der Waals surface area contributed by atoms with E-state index in [1.54, 1.807) is 12.1 Å². The summed E-state index contributed by atoms with van der Waals surface area (Å²) in [5, 5.41) is 0. The lowest BCUT2D eigenvalue weighted by Crippen LogP contribution is -2.40. The van der Waals surface area contributed by atoms with E-state index in [2.05, 4.69) is 0 Å². The Balaban J connectivity index is 2.09. The van der Waals surface area contributed by atoms with Crippen molar-refractivity contribution in [1.29, 1.82) is 0 Å². The van der Waals surface area contributed by atoms with Crippen LogP contribution in [0, 0.1) is 5.92 Å². The number of sulfone groups is 1. The van der Waals surface area contributed by atoms with Crippen LogP contribution < -0.4 is 0 Å². The number of rotatable bonds is 4. The van der Waals surface area contributed by atoms with Gasteiger partial charge in [-0.15, -0.1) is 11.6 Å². The number of likely N-dealkylation sites (tertiary alicyclic amines) is 1. The first-order valence-corrected chi connectivity index (χ1v) is 9.50. The van der Waals surface area contributed by atoms with Crippen molar-refractivity contribution < 1.29 is 13.2 Å². The zero-order chi connectivity index (χ0) is 15.5. The van der Waals surface area contributed by atoms with Crippen LogP contribution in [0.25, 0.3) is 0 Å². The molecule has 1 aromatic carbocycles. The highest BCUT2D eigenvalue weighted by Gasteiger charge is 2.24. The third-order valence-corrected chi connectivity index (χ3v) is 5.20. The number of alkyl halides is 1. The van der Waals surface area contributed by atoms with Crippen LogP contribution in [0.1, 0.15) is 29.6 Å². The molecule has 0 radical (unpaired) electrons.